The van der Waals surface area contributed by atoms with Crippen molar-refractivity contribution in [1.29, 1.82) is 0 Å². The van der Waals surface area contributed by atoms with Gasteiger partial charge in [0.15, 0.2) is 0 Å². The third kappa shape index (κ3) is 3.16. The minimum absolute atomic E-state index is 0.130. The SMILES string of the molecule is CCCC1NC(=O)N(CCCC(N)=S)C1=O. The molecule has 3 amide bonds. The van der Waals surface area contributed by atoms with E-state index in [1.165, 1.54) is 4.90 Å². The van der Waals surface area contributed by atoms with E-state index in [-0.39, 0.29) is 18.0 Å². The molecule has 90 valence electrons. The van der Waals surface area contributed by atoms with Gasteiger partial charge in [0.2, 0.25) is 0 Å². The van der Waals surface area contributed by atoms with E-state index in [9.17, 15) is 9.59 Å². The van der Waals surface area contributed by atoms with E-state index in [0.717, 1.165) is 6.42 Å². The maximum absolute atomic E-state index is 11.8. The smallest absolute Gasteiger partial charge is 0.324 e. The first-order valence-electron chi connectivity index (χ1n) is 5.46. The Bertz CT molecular complexity index is 306. The number of hydrogen-bond acceptors (Lipinski definition) is 3. The predicted molar refractivity (Wildman–Crippen MR) is 65.0 cm³/mol. The molecule has 1 fully saturated rings. The average Bonchev–Trinajstić information content (AvgIpc) is 2.45. The number of hydrogen-bond donors (Lipinski definition) is 2. The van der Waals surface area contributed by atoms with Gasteiger partial charge >= 0.3 is 6.03 Å². The first-order chi connectivity index (χ1) is 7.56. The molecular formula is C10H17N3O2S. The van der Waals surface area contributed by atoms with Gasteiger partial charge in [-0.3, -0.25) is 9.69 Å². The van der Waals surface area contributed by atoms with E-state index in [1.807, 2.05) is 6.92 Å². The molecule has 0 saturated carbocycles. The zero-order valence-corrected chi connectivity index (χ0v) is 10.2. The summed E-state index contributed by atoms with van der Waals surface area (Å²) in [7, 11) is 0. The van der Waals surface area contributed by atoms with Crippen LogP contribution in [0.4, 0.5) is 4.79 Å². The van der Waals surface area contributed by atoms with Gasteiger partial charge in [-0.1, -0.05) is 25.6 Å². The molecular weight excluding hydrogens is 226 g/mol. The number of carbonyl (C=O) groups excluding carboxylic acids is 2. The molecule has 1 rings (SSSR count). The highest BCUT2D eigenvalue weighted by molar-refractivity contribution is 7.80. The highest BCUT2D eigenvalue weighted by Gasteiger charge is 2.36. The number of carbonyl (C=O) groups is 2. The second kappa shape index (κ2) is 5.79. The minimum Gasteiger partial charge on any atom is -0.393 e. The van der Waals surface area contributed by atoms with Crippen LogP contribution in [0.15, 0.2) is 0 Å². The predicted octanol–water partition coefficient (Wildman–Crippen LogP) is 0.773. The van der Waals surface area contributed by atoms with E-state index in [2.05, 4.69) is 5.32 Å². The van der Waals surface area contributed by atoms with Gasteiger partial charge in [-0.2, -0.15) is 0 Å². The lowest BCUT2D eigenvalue weighted by molar-refractivity contribution is -0.127. The largest absolute Gasteiger partial charge is 0.393 e. The summed E-state index contributed by atoms with van der Waals surface area (Å²) in [5.41, 5.74) is 5.35. The van der Waals surface area contributed by atoms with Crippen molar-refractivity contribution in [2.24, 2.45) is 5.73 Å². The molecule has 0 spiro atoms. The Kier molecular flexibility index (Phi) is 4.67. The molecule has 0 aliphatic carbocycles. The summed E-state index contributed by atoms with van der Waals surface area (Å²) in [5.74, 6) is -0.130. The zero-order valence-electron chi connectivity index (χ0n) is 9.36. The molecule has 3 N–H and O–H groups in total. The first-order valence-corrected chi connectivity index (χ1v) is 5.87. The first kappa shape index (κ1) is 12.9. The van der Waals surface area contributed by atoms with Gasteiger partial charge in [-0.05, 0) is 19.3 Å². The van der Waals surface area contributed by atoms with Crippen LogP contribution in [0.25, 0.3) is 0 Å². The van der Waals surface area contributed by atoms with Crippen molar-refractivity contribution in [3.63, 3.8) is 0 Å². The van der Waals surface area contributed by atoms with Crippen molar-refractivity contribution in [2.45, 2.75) is 38.6 Å². The van der Waals surface area contributed by atoms with Crippen LogP contribution in [-0.2, 0) is 4.79 Å². The molecule has 0 aromatic rings. The standard InChI is InChI=1S/C10H17N3O2S/c1-2-4-7-9(14)13(10(15)12-7)6-3-5-8(11)16/h7H,2-6H2,1H3,(H2,11,16)(H,12,15). The molecule has 0 aromatic heterocycles. The van der Waals surface area contributed by atoms with Crippen molar-refractivity contribution in [1.82, 2.24) is 10.2 Å². The second-order valence-electron chi connectivity index (χ2n) is 3.85. The summed E-state index contributed by atoms with van der Waals surface area (Å²) in [6, 6.07) is -0.645. The van der Waals surface area contributed by atoms with Gasteiger partial charge in [0.05, 0.1) is 4.99 Å². The number of urea groups is 1. The minimum atomic E-state index is -0.345. The second-order valence-corrected chi connectivity index (χ2v) is 4.37. The summed E-state index contributed by atoms with van der Waals surface area (Å²) in [6.45, 7) is 2.37. The zero-order chi connectivity index (χ0) is 12.1. The molecule has 1 heterocycles. The van der Waals surface area contributed by atoms with E-state index < -0.39 is 0 Å². The molecule has 1 aliphatic rings. The van der Waals surface area contributed by atoms with E-state index in [0.29, 0.717) is 30.8 Å². The Morgan fingerprint density at radius 3 is 2.81 bits per heavy atom. The highest BCUT2D eigenvalue weighted by atomic mass is 32.1. The number of amides is 3. The molecule has 1 unspecified atom stereocenters. The molecule has 0 radical (unpaired) electrons. The van der Waals surface area contributed by atoms with Gasteiger partial charge < -0.3 is 11.1 Å². The number of nitrogens with zero attached hydrogens (tertiary/aromatic N) is 1. The summed E-state index contributed by atoms with van der Waals surface area (Å²) in [6.07, 6.45) is 2.76. The number of imide groups is 1. The summed E-state index contributed by atoms with van der Waals surface area (Å²) in [4.78, 5) is 24.9. The van der Waals surface area contributed by atoms with Crippen molar-refractivity contribution < 1.29 is 9.59 Å². The Morgan fingerprint density at radius 2 is 2.25 bits per heavy atom. The molecule has 1 saturated heterocycles. The van der Waals surface area contributed by atoms with Crippen LogP contribution in [0, 0.1) is 0 Å². The molecule has 0 bridgehead atoms. The normalized spacial score (nSPS) is 20.1. The summed E-state index contributed by atoms with van der Waals surface area (Å²) < 4.78 is 0. The Morgan fingerprint density at radius 1 is 1.56 bits per heavy atom. The Hall–Kier alpha value is -1.17. The Balaban J connectivity index is 2.44. The van der Waals surface area contributed by atoms with Gasteiger partial charge in [-0.15, -0.1) is 0 Å². The lowest BCUT2D eigenvalue weighted by Gasteiger charge is -2.12. The van der Waals surface area contributed by atoms with Crippen LogP contribution in [0.5, 0.6) is 0 Å². The van der Waals surface area contributed by atoms with E-state index >= 15 is 0 Å². The fourth-order valence-corrected chi connectivity index (χ4v) is 1.83. The molecule has 6 heteroatoms. The highest BCUT2D eigenvalue weighted by Crippen LogP contribution is 2.11. The number of rotatable bonds is 6. The third-order valence-electron chi connectivity index (χ3n) is 2.49. The number of nitrogens with one attached hydrogen (secondary N) is 1. The molecule has 5 nitrogen and oxygen atoms in total. The molecule has 16 heavy (non-hydrogen) atoms. The van der Waals surface area contributed by atoms with Crippen LogP contribution in [0.3, 0.4) is 0 Å². The van der Waals surface area contributed by atoms with Crippen molar-refractivity contribution in [3.05, 3.63) is 0 Å². The van der Waals surface area contributed by atoms with Crippen LogP contribution in [0.2, 0.25) is 0 Å². The quantitative estimate of drug-likeness (QED) is 0.534. The van der Waals surface area contributed by atoms with Crippen LogP contribution in [0.1, 0.15) is 32.6 Å². The number of thiocarbonyl (C=S) groups is 1. The molecule has 1 atom stereocenters. The monoisotopic (exact) mass is 243 g/mol. The van der Waals surface area contributed by atoms with Crippen molar-refractivity contribution >= 4 is 29.1 Å². The van der Waals surface area contributed by atoms with Crippen molar-refractivity contribution in [3.8, 4) is 0 Å². The lowest BCUT2D eigenvalue weighted by Crippen LogP contribution is -2.32. The van der Waals surface area contributed by atoms with E-state index in [1.54, 1.807) is 0 Å². The molecule has 1 aliphatic heterocycles. The van der Waals surface area contributed by atoms with Gasteiger partial charge in [-0.25, -0.2) is 4.79 Å². The fourth-order valence-electron chi connectivity index (χ4n) is 1.68. The maximum Gasteiger partial charge on any atom is 0.324 e. The topological polar surface area (TPSA) is 75.4 Å². The summed E-state index contributed by atoms with van der Waals surface area (Å²) >= 11 is 4.73. The summed E-state index contributed by atoms with van der Waals surface area (Å²) in [5, 5.41) is 2.67. The van der Waals surface area contributed by atoms with Crippen LogP contribution >= 0.6 is 12.2 Å². The Labute approximate surface area is 100 Å². The lowest BCUT2D eigenvalue weighted by atomic mass is 10.1. The van der Waals surface area contributed by atoms with Crippen molar-refractivity contribution in [2.75, 3.05) is 6.54 Å². The maximum atomic E-state index is 11.8. The van der Waals surface area contributed by atoms with Gasteiger partial charge in [0.1, 0.15) is 6.04 Å². The van der Waals surface area contributed by atoms with Crippen LogP contribution < -0.4 is 11.1 Å². The molecule has 0 aromatic carbocycles. The fraction of sp³-hybridized carbons (Fsp3) is 0.700. The average molecular weight is 243 g/mol. The van der Waals surface area contributed by atoms with E-state index in [4.69, 9.17) is 18.0 Å². The van der Waals surface area contributed by atoms with Gasteiger partial charge in [0, 0.05) is 6.54 Å². The van der Waals surface area contributed by atoms with Gasteiger partial charge in [0.25, 0.3) is 5.91 Å². The van der Waals surface area contributed by atoms with Crippen LogP contribution in [-0.4, -0.2) is 34.4 Å². The number of nitrogens with two attached hydrogens (primary N) is 1. The third-order valence-corrected chi connectivity index (χ3v) is 2.69.